The summed E-state index contributed by atoms with van der Waals surface area (Å²) in [6.45, 7) is 4.22. The molecule has 0 saturated carbocycles. The van der Waals surface area contributed by atoms with E-state index in [-0.39, 0.29) is 16.9 Å². The lowest BCUT2D eigenvalue weighted by molar-refractivity contribution is -0.380. The van der Waals surface area contributed by atoms with Crippen LogP contribution in [0.1, 0.15) is 19.4 Å². The molecule has 1 atom stereocenters. The number of carbonyl (C=O) groups is 1. The molecule has 0 aliphatic rings. The van der Waals surface area contributed by atoms with E-state index in [0.717, 1.165) is 16.9 Å². The largest absolute Gasteiger partial charge is 0.468 e. The first-order chi connectivity index (χ1) is 8.45. The fraction of sp³-hybridized carbons (Fsp3) is 0.545. The van der Waals surface area contributed by atoms with Crippen molar-refractivity contribution in [2.75, 3.05) is 7.11 Å². The van der Waals surface area contributed by atoms with Crippen LogP contribution >= 0.6 is 11.3 Å². The van der Waals surface area contributed by atoms with E-state index in [1.54, 1.807) is 5.38 Å². The van der Waals surface area contributed by atoms with Gasteiger partial charge in [0.2, 0.25) is 0 Å². The Balaban J connectivity index is 2.61. The number of methoxy groups -OCH3 is 1. The molecule has 0 aliphatic heterocycles. The lowest BCUT2D eigenvalue weighted by Crippen LogP contribution is -2.41. The van der Waals surface area contributed by atoms with Gasteiger partial charge in [-0.05, 0) is 11.5 Å². The lowest BCUT2D eigenvalue weighted by Gasteiger charge is -2.19. The first kappa shape index (κ1) is 14.6. The van der Waals surface area contributed by atoms with Gasteiger partial charge in [-0.25, -0.2) is 0 Å². The molecule has 1 rings (SSSR count). The molecule has 1 heterocycles. The second kappa shape index (κ2) is 6.46. The van der Waals surface area contributed by atoms with Gasteiger partial charge in [0.25, 0.3) is 0 Å². The third kappa shape index (κ3) is 3.78. The number of carbonyl (C=O) groups excluding carboxylic acids is 1. The number of rotatable bonds is 6. The highest BCUT2D eigenvalue weighted by Gasteiger charge is 2.22. The van der Waals surface area contributed by atoms with Gasteiger partial charge >= 0.3 is 11.0 Å². The number of nitrogens with one attached hydrogen (secondary N) is 1. The van der Waals surface area contributed by atoms with Gasteiger partial charge in [-0.15, -0.1) is 0 Å². The molecule has 0 spiro atoms. The molecule has 0 aromatic carbocycles. The average molecular weight is 272 g/mol. The fourth-order valence-corrected chi connectivity index (χ4v) is 2.23. The van der Waals surface area contributed by atoms with E-state index in [0.29, 0.717) is 6.54 Å². The summed E-state index contributed by atoms with van der Waals surface area (Å²) in [5.41, 5.74) is 0.793. The number of esters is 1. The average Bonchev–Trinajstić information content (AvgIpc) is 2.77. The van der Waals surface area contributed by atoms with Gasteiger partial charge in [0, 0.05) is 18.0 Å². The Morgan fingerprint density at radius 3 is 2.72 bits per heavy atom. The van der Waals surface area contributed by atoms with Crippen molar-refractivity contribution >= 4 is 22.3 Å². The Morgan fingerprint density at radius 1 is 1.61 bits per heavy atom. The van der Waals surface area contributed by atoms with Gasteiger partial charge in [0.15, 0.2) is 0 Å². The zero-order valence-corrected chi connectivity index (χ0v) is 11.3. The molecule has 0 bridgehead atoms. The second-order valence-electron chi connectivity index (χ2n) is 4.18. The van der Waals surface area contributed by atoms with E-state index in [2.05, 4.69) is 5.32 Å². The van der Waals surface area contributed by atoms with Gasteiger partial charge in [0.1, 0.15) is 6.04 Å². The van der Waals surface area contributed by atoms with Crippen LogP contribution in [0.25, 0.3) is 0 Å². The molecule has 0 fully saturated rings. The molecular formula is C11H16N2O4S. The summed E-state index contributed by atoms with van der Waals surface area (Å²) >= 11 is 1.08. The number of nitro groups is 1. The van der Waals surface area contributed by atoms with Gasteiger partial charge in [-0.2, -0.15) is 0 Å². The summed E-state index contributed by atoms with van der Waals surface area (Å²) in [5.74, 6) is -0.235. The van der Waals surface area contributed by atoms with E-state index in [4.69, 9.17) is 4.74 Å². The second-order valence-corrected chi connectivity index (χ2v) is 5.07. The molecule has 0 amide bonds. The van der Waals surface area contributed by atoms with Crippen LogP contribution in [-0.2, 0) is 16.1 Å². The minimum Gasteiger partial charge on any atom is -0.468 e. The molecule has 1 N–H and O–H groups in total. The highest BCUT2D eigenvalue weighted by atomic mass is 32.1. The van der Waals surface area contributed by atoms with E-state index < -0.39 is 11.0 Å². The summed E-state index contributed by atoms with van der Waals surface area (Å²) in [7, 11) is 1.34. The first-order valence-corrected chi connectivity index (χ1v) is 6.36. The highest BCUT2D eigenvalue weighted by molar-refractivity contribution is 7.13. The molecule has 0 unspecified atom stereocenters. The van der Waals surface area contributed by atoms with Crippen molar-refractivity contribution in [2.45, 2.75) is 26.4 Å². The summed E-state index contributed by atoms with van der Waals surface area (Å²) in [6.07, 6.45) is 0. The molecule has 1 aromatic heterocycles. The molecule has 0 saturated heterocycles. The van der Waals surface area contributed by atoms with E-state index in [1.165, 1.54) is 13.2 Å². The maximum Gasteiger partial charge on any atom is 0.324 e. The lowest BCUT2D eigenvalue weighted by atomic mass is 10.0. The molecule has 18 heavy (non-hydrogen) atoms. The molecule has 6 nitrogen and oxygen atoms in total. The van der Waals surface area contributed by atoms with Gasteiger partial charge in [-0.1, -0.05) is 25.2 Å². The Kier molecular flexibility index (Phi) is 5.24. The van der Waals surface area contributed by atoms with Crippen molar-refractivity contribution in [3.63, 3.8) is 0 Å². The predicted octanol–water partition coefficient (Wildman–Crippen LogP) is 1.94. The van der Waals surface area contributed by atoms with Crippen molar-refractivity contribution in [3.8, 4) is 0 Å². The number of thiophene rings is 1. The van der Waals surface area contributed by atoms with Crippen LogP contribution in [0.3, 0.4) is 0 Å². The van der Waals surface area contributed by atoms with Crippen LogP contribution in [0.2, 0.25) is 0 Å². The maximum absolute atomic E-state index is 11.5. The summed E-state index contributed by atoms with van der Waals surface area (Å²) < 4.78 is 4.70. The Labute approximate surface area is 109 Å². The van der Waals surface area contributed by atoms with Crippen LogP contribution in [0.15, 0.2) is 11.4 Å². The molecular weight excluding hydrogens is 256 g/mol. The van der Waals surface area contributed by atoms with E-state index in [1.807, 2.05) is 13.8 Å². The minimum absolute atomic E-state index is 0.0890. The van der Waals surface area contributed by atoms with E-state index in [9.17, 15) is 14.9 Å². The topological polar surface area (TPSA) is 81.5 Å². The molecule has 7 heteroatoms. The summed E-state index contributed by atoms with van der Waals surface area (Å²) in [5, 5.41) is 15.4. The van der Waals surface area contributed by atoms with Gasteiger partial charge < -0.3 is 10.1 Å². The zero-order valence-electron chi connectivity index (χ0n) is 10.5. The normalized spacial score (nSPS) is 12.4. The maximum atomic E-state index is 11.5. The number of hydrogen-bond donors (Lipinski definition) is 1. The van der Waals surface area contributed by atoms with Crippen molar-refractivity contribution < 1.29 is 14.5 Å². The van der Waals surface area contributed by atoms with Crippen molar-refractivity contribution in [1.29, 1.82) is 0 Å². The minimum atomic E-state index is -0.422. The SMILES string of the molecule is COC(=O)[C@@H](NCc1csc([N+](=O)[O-])c1)C(C)C. The third-order valence-electron chi connectivity index (χ3n) is 2.47. The number of ether oxygens (including phenoxy) is 1. The van der Waals surface area contributed by atoms with Gasteiger partial charge in [-0.3, -0.25) is 14.9 Å². The Bertz CT molecular complexity index is 430. The Hall–Kier alpha value is -1.47. The van der Waals surface area contributed by atoms with Crippen LogP contribution in [-0.4, -0.2) is 24.0 Å². The first-order valence-electron chi connectivity index (χ1n) is 5.48. The zero-order chi connectivity index (χ0) is 13.7. The number of nitrogens with zero attached hydrogens (tertiary/aromatic N) is 1. The van der Waals surface area contributed by atoms with Crippen molar-refractivity contribution in [3.05, 3.63) is 27.1 Å². The van der Waals surface area contributed by atoms with E-state index >= 15 is 0 Å². The quantitative estimate of drug-likeness (QED) is 0.486. The highest BCUT2D eigenvalue weighted by Crippen LogP contribution is 2.22. The molecule has 100 valence electrons. The van der Waals surface area contributed by atoms with Crippen LogP contribution in [0.4, 0.5) is 5.00 Å². The molecule has 1 aromatic rings. The standard InChI is InChI=1S/C11H16N2O4S/c1-7(2)10(11(14)17-3)12-5-8-4-9(13(15)16)18-6-8/h4,6-7,10,12H,5H2,1-3H3/t10-/m0/s1. The fourth-order valence-electron chi connectivity index (χ4n) is 1.50. The Morgan fingerprint density at radius 2 is 2.28 bits per heavy atom. The van der Waals surface area contributed by atoms with Crippen LogP contribution in [0, 0.1) is 16.0 Å². The monoisotopic (exact) mass is 272 g/mol. The summed E-state index contributed by atoms with van der Waals surface area (Å²) in [4.78, 5) is 21.6. The van der Waals surface area contributed by atoms with Crippen LogP contribution in [0.5, 0.6) is 0 Å². The van der Waals surface area contributed by atoms with Gasteiger partial charge in [0.05, 0.1) is 12.0 Å². The summed E-state index contributed by atoms with van der Waals surface area (Å²) in [6, 6.07) is 1.10. The smallest absolute Gasteiger partial charge is 0.324 e. The van der Waals surface area contributed by atoms with Crippen LogP contribution < -0.4 is 5.32 Å². The third-order valence-corrected chi connectivity index (χ3v) is 3.40. The van der Waals surface area contributed by atoms with Crippen molar-refractivity contribution in [2.24, 2.45) is 5.92 Å². The molecule has 0 aliphatic carbocycles. The van der Waals surface area contributed by atoms with Crippen molar-refractivity contribution in [1.82, 2.24) is 5.32 Å². The number of hydrogen-bond acceptors (Lipinski definition) is 6. The molecule has 0 radical (unpaired) electrons. The predicted molar refractivity (Wildman–Crippen MR) is 68.5 cm³/mol.